The second-order valence-electron chi connectivity index (χ2n) is 11.6. The number of aromatic nitrogens is 3. The maximum Gasteiger partial charge on any atom is 0.433 e. The fraction of sp³-hybridized carbons (Fsp3) is 0.571. The summed E-state index contributed by atoms with van der Waals surface area (Å²) in [6, 6.07) is 0.887. The fourth-order valence-electron chi connectivity index (χ4n) is 5.62. The molecule has 15 heteroatoms. The first-order chi connectivity index (χ1) is 20.1. The fourth-order valence-corrected chi connectivity index (χ4v) is 6.19. The third kappa shape index (κ3) is 6.97. The van der Waals surface area contributed by atoms with E-state index in [1.807, 2.05) is 13.8 Å². The number of nitriles is 1. The molecule has 1 aliphatic heterocycles. The van der Waals surface area contributed by atoms with Gasteiger partial charge in [0.2, 0.25) is 0 Å². The highest BCUT2D eigenvalue weighted by Gasteiger charge is 2.47. The molecule has 1 aliphatic carbocycles. The molecule has 3 heterocycles. The average Bonchev–Trinajstić information content (AvgIpc) is 3.39. The summed E-state index contributed by atoms with van der Waals surface area (Å²) in [6.07, 6.45) is -1.00. The molecule has 2 fully saturated rings. The van der Waals surface area contributed by atoms with E-state index in [0.717, 1.165) is 11.1 Å². The molecule has 1 atom stereocenters. The number of alkyl halides is 3. The predicted octanol–water partition coefficient (Wildman–Crippen LogP) is 5.84. The number of halogens is 5. The Balaban J connectivity index is 1.67. The molecule has 2 aromatic heterocycles. The Morgan fingerprint density at radius 2 is 1.77 bits per heavy atom. The molecule has 2 aliphatic rings. The number of hydrogen-bond donors (Lipinski definition) is 1. The van der Waals surface area contributed by atoms with Crippen LogP contribution in [0.15, 0.2) is 18.6 Å². The third-order valence-electron chi connectivity index (χ3n) is 8.17. The van der Waals surface area contributed by atoms with Crippen molar-refractivity contribution in [2.75, 3.05) is 19.7 Å². The van der Waals surface area contributed by atoms with Gasteiger partial charge >= 0.3 is 12.1 Å². The van der Waals surface area contributed by atoms with Crippen LogP contribution in [0.1, 0.15) is 84.8 Å². The van der Waals surface area contributed by atoms with Crippen molar-refractivity contribution in [1.29, 1.82) is 5.26 Å². The number of Topliss-reactive ketones (excluding diaryl/α,β-unsaturated/α-hetero) is 1. The third-order valence-corrected chi connectivity index (χ3v) is 8.74. The number of ketones is 1. The molecule has 1 unspecified atom stereocenters. The van der Waals surface area contributed by atoms with Gasteiger partial charge in [-0.2, -0.15) is 23.5 Å². The quantitative estimate of drug-likeness (QED) is 0.354. The van der Waals surface area contributed by atoms with E-state index >= 15 is 0 Å². The summed E-state index contributed by atoms with van der Waals surface area (Å²) in [4.78, 5) is 43.7. The molecule has 4 rings (SSSR count). The molecule has 1 saturated heterocycles. The summed E-state index contributed by atoms with van der Waals surface area (Å²) in [5.74, 6) is -3.33. The van der Waals surface area contributed by atoms with E-state index in [2.05, 4.69) is 10.1 Å². The summed E-state index contributed by atoms with van der Waals surface area (Å²) in [7, 11) is 0. The first-order valence-corrected chi connectivity index (χ1v) is 14.4. The van der Waals surface area contributed by atoms with Gasteiger partial charge in [0, 0.05) is 24.9 Å². The van der Waals surface area contributed by atoms with Crippen LogP contribution in [0.3, 0.4) is 0 Å². The molecule has 43 heavy (non-hydrogen) atoms. The minimum absolute atomic E-state index is 0.0608. The average molecular weight is 644 g/mol. The Kier molecular flexibility index (Phi) is 9.44. The number of aliphatic carboxylic acids is 1. The molecule has 232 valence electrons. The zero-order valence-electron chi connectivity index (χ0n) is 23.5. The van der Waals surface area contributed by atoms with E-state index in [9.17, 15) is 37.9 Å². The van der Waals surface area contributed by atoms with Crippen LogP contribution in [0.2, 0.25) is 10.0 Å². The molecule has 0 aromatic carbocycles. The topological polar surface area (TPSA) is 138 Å². The molecule has 2 aromatic rings. The standard InChI is InChI=1S/C28H30Cl2F3N5O5/c1-26(2)6-3-16(14-43-26)12-37(13-21(39)22-19(29)10-35-11-20(22)30)24(40)18-9-36-38(23(18)28(31,32)33)17-4-7-27(15-34,8-5-17)25(41)42/h9-11,16-17H,3-8,12-14H2,1-2H3,(H,41,42)/t16?,17-,27-. The summed E-state index contributed by atoms with van der Waals surface area (Å²) in [5, 5.41) is 22.7. The van der Waals surface area contributed by atoms with Crippen LogP contribution in [0.25, 0.3) is 0 Å². The number of pyridine rings is 1. The summed E-state index contributed by atoms with van der Waals surface area (Å²) >= 11 is 12.3. The molecule has 1 N–H and O–H groups in total. The number of carbonyl (C=O) groups is 3. The van der Waals surface area contributed by atoms with E-state index in [1.165, 1.54) is 12.4 Å². The highest BCUT2D eigenvalue weighted by molar-refractivity contribution is 6.39. The van der Waals surface area contributed by atoms with E-state index in [-0.39, 0.29) is 60.4 Å². The maximum absolute atomic E-state index is 14.5. The monoisotopic (exact) mass is 643 g/mol. The molecule has 1 saturated carbocycles. The lowest BCUT2D eigenvalue weighted by Crippen LogP contribution is -2.44. The molecule has 0 bridgehead atoms. The van der Waals surface area contributed by atoms with Gasteiger partial charge in [-0.3, -0.25) is 24.0 Å². The maximum atomic E-state index is 14.5. The van der Waals surface area contributed by atoms with Gasteiger partial charge in [0.05, 0.1) is 58.2 Å². The van der Waals surface area contributed by atoms with Gasteiger partial charge in [0.1, 0.15) is 0 Å². The molecular weight excluding hydrogens is 614 g/mol. The Labute approximate surface area is 255 Å². The van der Waals surface area contributed by atoms with Crippen molar-refractivity contribution >= 4 is 40.9 Å². The molecular formula is C28H30Cl2F3N5O5. The molecule has 1 amide bonds. The second kappa shape index (κ2) is 12.4. The van der Waals surface area contributed by atoms with Crippen LogP contribution in [0, 0.1) is 22.7 Å². The number of nitrogens with zero attached hydrogens (tertiary/aromatic N) is 5. The van der Waals surface area contributed by atoms with Crippen LogP contribution in [-0.4, -0.2) is 67.7 Å². The van der Waals surface area contributed by atoms with Gasteiger partial charge in [0.25, 0.3) is 5.91 Å². The van der Waals surface area contributed by atoms with Gasteiger partial charge in [0.15, 0.2) is 16.9 Å². The lowest BCUT2D eigenvalue weighted by molar-refractivity contribution is -0.150. The largest absolute Gasteiger partial charge is 0.480 e. The summed E-state index contributed by atoms with van der Waals surface area (Å²) in [6.45, 7) is 3.37. The number of hydrogen-bond acceptors (Lipinski definition) is 7. The van der Waals surface area contributed by atoms with Crippen molar-refractivity contribution in [1.82, 2.24) is 19.7 Å². The van der Waals surface area contributed by atoms with Crippen LogP contribution >= 0.6 is 23.2 Å². The van der Waals surface area contributed by atoms with Gasteiger partial charge in [-0.05, 0) is 52.4 Å². The van der Waals surface area contributed by atoms with E-state index in [1.54, 1.807) is 6.07 Å². The number of rotatable bonds is 8. The van der Waals surface area contributed by atoms with E-state index in [0.29, 0.717) is 17.5 Å². The predicted molar refractivity (Wildman–Crippen MR) is 148 cm³/mol. The summed E-state index contributed by atoms with van der Waals surface area (Å²) in [5.41, 5.74) is -4.25. The minimum Gasteiger partial charge on any atom is -0.480 e. The van der Waals surface area contributed by atoms with E-state index < -0.39 is 58.7 Å². The zero-order chi connectivity index (χ0) is 31.7. The molecule has 0 radical (unpaired) electrons. The van der Waals surface area contributed by atoms with Gasteiger partial charge < -0.3 is 14.7 Å². The smallest absolute Gasteiger partial charge is 0.433 e. The lowest BCUT2D eigenvalue weighted by Gasteiger charge is -2.37. The van der Waals surface area contributed by atoms with Gasteiger partial charge in [-0.25, -0.2) is 0 Å². The first kappa shape index (κ1) is 32.7. The van der Waals surface area contributed by atoms with Crippen LogP contribution < -0.4 is 0 Å². The Morgan fingerprint density at radius 3 is 2.28 bits per heavy atom. The number of carboxylic acid groups (broad SMARTS) is 1. The van der Waals surface area contributed by atoms with Crippen molar-refractivity contribution < 1.29 is 37.4 Å². The highest BCUT2D eigenvalue weighted by Crippen LogP contribution is 2.43. The highest BCUT2D eigenvalue weighted by atomic mass is 35.5. The Morgan fingerprint density at radius 1 is 1.14 bits per heavy atom. The Bertz CT molecular complexity index is 1420. The molecule has 0 spiro atoms. The minimum atomic E-state index is -5.01. The zero-order valence-corrected chi connectivity index (χ0v) is 25.0. The van der Waals surface area contributed by atoms with Gasteiger partial charge in [-0.1, -0.05) is 23.2 Å². The van der Waals surface area contributed by atoms with Crippen LogP contribution in [0.5, 0.6) is 0 Å². The number of carbonyl (C=O) groups excluding carboxylic acids is 2. The number of carboxylic acids is 1. The lowest BCUT2D eigenvalue weighted by atomic mass is 9.73. The van der Waals surface area contributed by atoms with Crippen molar-refractivity contribution in [2.24, 2.45) is 11.3 Å². The van der Waals surface area contributed by atoms with Crippen LogP contribution in [-0.2, 0) is 15.7 Å². The normalized spacial score (nSPS) is 23.8. The van der Waals surface area contributed by atoms with E-state index in [4.69, 9.17) is 27.9 Å². The SMILES string of the molecule is CC1(C)CCC(CN(CC(=O)c2c(Cl)cncc2Cl)C(=O)c2cnn([C@H]3CC[C@](C#N)(C(=O)O)CC3)c2C(F)(F)F)CO1. The number of ether oxygens (including phenoxy) is 1. The summed E-state index contributed by atoms with van der Waals surface area (Å²) < 4.78 is 50.2. The Hall–Kier alpha value is -3.21. The van der Waals surface area contributed by atoms with Crippen molar-refractivity contribution in [3.05, 3.63) is 45.5 Å². The number of amides is 1. The second-order valence-corrected chi connectivity index (χ2v) is 12.5. The van der Waals surface area contributed by atoms with Crippen molar-refractivity contribution in [2.45, 2.75) is 70.2 Å². The van der Waals surface area contributed by atoms with Crippen LogP contribution in [0.4, 0.5) is 13.2 Å². The van der Waals surface area contributed by atoms with Gasteiger partial charge in [-0.15, -0.1) is 0 Å². The first-order valence-electron chi connectivity index (χ1n) is 13.6. The van der Waals surface area contributed by atoms with Crippen molar-refractivity contribution in [3.63, 3.8) is 0 Å². The molecule has 10 nitrogen and oxygen atoms in total. The van der Waals surface area contributed by atoms with Crippen molar-refractivity contribution in [3.8, 4) is 6.07 Å².